The largest absolute Gasteiger partial charge is 0.497 e. The van der Waals surface area contributed by atoms with Gasteiger partial charge in [0.25, 0.3) is 0 Å². The van der Waals surface area contributed by atoms with E-state index in [2.05, 4.69) is 13.0 Å². The highest BCUT2D eigenvalue weighted by Crippen LogP contribution is 2.31. The van der Waals surface area contributed by atoms with Crippen molar-refractivity contribution >= 4 is 0 Å². The van der Waals surface area contributed by atoms with Gasteiger partial charge in [0.2, 0.25) is 0 Å². The van der Waals surface area contributed by atoms with Gasteiger partial charge < -0.3 is 9.84 Å². The fraction of sp³-hybridized carbons (Fsp3) is 0.533. The van der Waals surface area contributed by atoms with Gasteiger partial charge >= 0.3 is 0 Å². The summed E-state index contributed by atoms with van der Waals surface area (Å²) in [5.74, 6) is 0.756. The van der Waals surface area contributed by atoms with E-state index >= 15 is 0 Å². The van der Waals surface area contributed by atoms with Gasteiger partial charge in [0.05, 0.1) is 19.6 Å². The molecule has 0 radical (unpaired) electrons. The molecule has 1 N–H and O–H groups in total. The average Bonchev–Trinajstić information content (AvgIpc) is 2.39. The van der Waals surface area contributed by atoms with Gasteiger partial charge in [0.15, 0.2) is 0 Å². The Hall–Kier alpha value is -1.53. The molecule has 0 aliphatic heterocycles. The van der Waals surface area contributed by atoms with E-state index in [-0.39, 0.29) is 6.42 Å². The maximum atomic E-state index is 10.6. The van der Waals surface area contributed by atoms with Crippen molar-refractivity contribution in [3.05, 3.63) is 29.8 Å². The Bertz CT molecular complexity index is 394. The summed E-state index contributed by atoms with van der Waals surface area (Å²) in [5.41, 5.74) is -0.239. The van der Waals surface area contributed by atoms with Gasteiger partial charge in [-0.1, -0.05) is 38.3 Å². The summed E-state index contributed by atoms with van der Waals surface area (Å²) in [7, 11) is 1.61. The number of aliphatic hydroxyl groups is 1. The number of hydrogen-bond donors (Lipinski definition) is 1. The van der Waals surface area contributed by atoms with E-state index in [1.165, 1.54) is 0 Å². The minimum atomic E-state index is -1.03. The molecule has 0 spiro atoms. The minimum Gasteiger partial charge on any atom is -0.497 e. The third kappa shape index (κ3) is 3.75. The Balaban J connectivity index is 2.84. The van der Waals surface area contributed by atoms with Gasteiger partial charge in [-0.2, -0.15) is 5.26 Å². The highest BCUT2D eigenvalue weighted by Gasteiger charge is 2.28. The molecule has 1 rings (SSSR count). The molecular weight excluding hydrogens is 226 g/mol. The molecule has 1 aromatic carbocycles. The molecule has 1 aromatic rings. The van der Waals surface area contributed by atoms with Crippen LogP contribution in [0.1, 0.15) is 44.6 Å². The number of rotatable bonds is 7. The average molecular weight is 247 g/mol. The molecule has 0 aliphatic carbocycles. The van der Waals surface area contributed by atoms with Gasteiger partial charge in [0.1, 0.15) is 11.4 Å². The summed E-state index contributed by atoms with van der Waals surface area (Å²) in [5, 5.41) is 19.5. The molecule has 1 unspecified atom stereocenters. The summed E-state index contributed by atoms with van der Waals surface area (Å²) < 4.78 is 5.09. The van der Waals surface area contributed by atoms with Crippen molar-refractivity contribution in [2.75, 3.05) is 7.11 Å². The molecule has 18 heavy (non-hydrogen) atoms. The normalized spacial score (nSPS) is 13.7. The van der Waals surface area contributed by atoms with Crippen LogP contribution in [0.2, 0.25) is 0 Å². The van der Waals surface area contributed by atoms with Crippen LogP contribution in [0.25, 0.3) is 0 Å². The van der Waals surface area contributed by atoms with E-state index in [9.17, 15) is 5.11 Å². The molecule has 0 bridgehead atoms. The van der Waals surface area contributed by atoms with Crippen LogP contribution in [-0.4, -0.2) is 12.2 Å². The summed E-state index contributed by atoms with van der Waals surface area (Å²) in [6, 6.07) is 9.39. The van der Waals surface area contributed by atoms with Crippen molar-refractivity contribution in [2.24, 2.45) is 0 Å². The molecule has 0 saturated carbocycles. The Morgan fingerprint density at radius 1 is 1.28 bits per heavy atom. The Morgan fingerprint density at radius 2 is 1.94 bits per heavy atom. The second-order valence-corrected chi connectivity index (χ2v) is 4.55. The van der Waals surface area contributed by atoms with Crippen LogP contribution >= 0.6 is 0 Å². The zero-order valence-corrected chi connectivity index (χ0v) is 11.1. The number of hydrogen-bond acceptors (Lipinski definition) is 3. The number of nitrogens with zero attached hydrogens (tertiary/aromatic N) is 1. The second kappa shape index (κ2) is 7.03. The lowest BCUT2D eigenvalue weighted by atomic mass is 9.86. The van der Waals surface area contributed by atoms with Crippen LogP contribution in [0.4, 0.5) is 0 Å². The molecule has 0 aliphatic rings. The Morgan fingerprint density at radius 3 is 2.44 bits per heavy atom. The molecule has 0 heterocycles. The van der Waals surface area contributed by atoms with Crippen molar-refractivity contribution in [1.82, 2.24) is 0 Å². The number of ether oxygens (including phenoxy) is 1. The molecule has 0 saturated heterocycles. The van der Waals surface area contributed by atoms with Gasteiger partial charge in [-0.3, -0.25) is 0 Å². The lowest BCUT2D eigenvalue weighted by molar-refractivity contribution is 0.0295. The third-order valence-electron chi connectivity index (χ3n) is 3.19. The van der Waals surface area contributed by atoms with Crippen molar-refractivity contribution in [3.8, 4) is 11.8 Å². The quantitative estimate of drug-likeness (QED) is 0.751. The van der Waals surface area contributed by atoms with E-state index in [0.29, 0.717) is 6.42 Å². The molecule has 98 valence electrons. The van der Waals surface area contributed by atoms with Crippen molar-refractivity contribution in [1.29, 1.82) is 5.26 Å². The van der Waals surface area contributed by atoms with Crippen LogP contribution in [0, 0.1) is 11.3 Å². The third-order valence-corrected chi connectivity index (χ3v) is 3.19. The maximum Gasteiger partial charge on any atom is 0.118 e. The predicted octanol–water partition coefficient (Wildman–Crippen LogP) is 3.38. The predicted molar refractivity (Wildman–Crippen MR) is 71.3 cm³/mol. The first-order valence-electron chi connectivity index (χ1n) is 6.40. The highest BCUT2D eigenvalue weighted by atomic mass is 16.5. The molecule has 0 amide bonds. The molecule has 3 heteroatoms. The maximum absolute atomic E-state index is 10.6. The van der Waals surface area contributed by atoms with E-state index in [1.807, 2.05) is 24.3 Å². The molecule has 3 nitrogen and oxygen atoms in total. The molecule has 0 fully saturated rings. The SMILES string of the molecule is CCCCCC(O)(CC#N)c1ccc(OC)cc1. The number of nitriles is 1. The monoisotopic (exact) mass is 247 g/mol. The summed E-state index contributed by atoms with van der Waals surface area (Å²) >= 11 is 0. The van der Waals surface area contributed by atoms with Gasteiger partial charge in [-0.05, 0) is 24.1 Å². The minimum absolute atomic E-state index is 0.128. The molecule has 1 atom stereocenters. The van der Waals surface area contributed by atoms with Gasteiger partial charge in [-0.15, -0.1) is 0 Å². The van der Waals surface area contributed by atoms with Crippen LogP contribution in [-0.2, 0) is 5.60 Å². The number of benzene rings is 1. The highest BCUT2D eigenvalue weighted by molar-refractivity contribution is 5.31. The van der Waals surface area contributed by atoms with E-state index in [0.717, 1.165) is 30.6 Å². The van der Waals surface area contributed by atoms with E-state index in [4.69, 9.17) is 10.00 Å². The van der Waals surface area contributed by atoms with Crippen LogP contribution in [0.5, 0.6) is 5.75 Å². The smallest absolute Gasteiger partial charge is 0.118 e. The fourth-order valence-electron chi connectivity index (χ4n) is 2.03. The van der Waals surface area contributed by atoms with E-state index in [1.54, 1.807) is 7.11 Å². The lowest BCUT2D eigenvalue weighted by Crippen LogP contribution is -2.25. The second-order valence-electron chi connectivity index (χ2n) is 4.55. The first-order chi connectivity index (χ1) is 8.66. The standard InChI is InChI=1S/C15H21NO2/c1-3-4-5-10-15(17,11-12-16)13-6-8-14(18-2)9-7-13/h6-9,17H,3-5,10-11H2,1-2H3. The van der Waals surface area contributed by atoms with Gasteiger partial charge in [0, 0.05) is 0 Å². The first kappa shape index (κ1) is 14.5. The first-order valence-corrected chi connectivity index (χ1v) is 6.40. The summed E-state index contributed by atoms with van der Waals surface area (Å²) in [6.45, 7) is 2.12. The zero-order chi connectivity index (χ0) is 13.4. The van der Waals surface area contributed by atoms with E-state index < -0.39 is 5.60 Å². The zero-order valence-electron chi connectivity index (χ0n) is 11.1. The topological polar surface area (TPSA) is 53.2 Å². The van der Waals surface area contributed by atoms with Crippen LogP contribution < -0.4 is 4.74 Å². The Labute approximate surface area is 109 Å². The Kier molecular flexibility index (Phi) is 5.67. The lowest BCUT2D eigenvalue weighted by Gasteiger charge is -2.26. The van der Waals surface area contributed by atoms with Crippen LogP contribution in [0.15, 0.2) is 24.3 Å². The summed E-state index contributed by atoms with van der Waals surface area (Å²) in [6.07, 6.45) is 3.86. The van der Waals surface area contributed by atoms with Crippen molar-refractivity contribution < 1.29 is 9.84 Å². The van der Waals surface area contributed by atoms with Crippen LogP contribution in [0.3, 0.4) is 0 Å². The van der Waals surface area contributed by atoms with Gasteiger partial charge in [-0.25, -0.2) is 0 Å². The number of methoxy groups -OCH3 is 1. The molecule has 0 aromatic heterocycles. The fourth-order valence-corrected chi connectivity index (χ4v) is 2.03. The molecular formula is C15H21NO2. The van der Waals surface area contributed by atoms with Crippen molar-refractivity contribution in [2.45, 2.75) is 44.6 Å². The summed E-state index contributed by atoms with van der Waals surface area (Å²) in [4.78, 5) is 0. The van der Waals surface area contributed by atoms with Crippen molar-refractivity contribution in [3.63, 3.8) is 0 Å². The number of unbranched alkanes of at least 4 members (excludes halogenated alkanes) is 2.